The molecular formula is C18H16ClN3O3S2. The second-order valence-corrected chi connectivity index (χ2v) is 8.28. The molecule has 3 aromatic rings. The molecule has 2 aromatic heterocycles. The van der Waals surface area contributed by atoms with Gasteiger partial charge in [-0.25, -0.2) is 4.98 Å². The van der Waals surface area contributed by atoms with Crippen LogP contribution in [-0.4, -0.2) is 42.9 Å². The summed E-state index contributed by atoms with van der Waals surface area (Å²) in [5, 5.41) is 5.17. The van der Waals surface area contributed by atoms with Crippen molar-refractivity contribution >= 4 is 51.8 Å². The Morgan fingerprint density at radius 3 is 2.63 bits per heavy atom. The van der Waals surface area contributed by atoms with Crippen molar-refractivity contribution in [3.8, 4) is 15.6 Å². The first-order valence-corrected chi connectivity index (χ1v) is 9.88. The van der Waals surface area contributed by atoms with Gasteiger partial charge < -0.3 is 15.0 Å². The van der Waals surface area contributed by atoms with Gasteiger partial charge in [0.2, 0.25) is 0 Å². The van der Waals surface area contributed by atoms with E-state index in [2.05, 4.69) is 10.3 Å². The number of thiophene rings is 1. The maximum Gasteiger partial charge on any atom is 0.275 e. The summed E-state index contributed by atoms with van der Waals surface area (Å²) < 4.78 is 5.95. The van der Waals surface area contributed by atoms with Gasteiger partial charge in [-0.1, -0.05) is 11.6 Å². The maximum atomic E-state index is 12.6. The molecule has 0 unspecified atom stereocenters. The van der Waals surface area contributed by atoms with Crippen LogP contribution in [0.15, 0.2) is 35.7 Å². The first-order valence-electron chi connectivity index (χ1n) is 7.81. The van der Waals surface area contributed by atoms with Gasteiger partial charge in [0.25, 0.3) is 11.8 Å². The van der Waals surface area contributed by atoms with Crippen LogP contribution in [0, 0.1) is 0 Å². The number of amides is 2. The fraction of sp³-hybridized carbons (Fsp3) is 0.167. The summed E-state index contributed by atoms with van der Waals surface area (Å²) >= 11 is 8.72. The molecule has 6 nitrogen and oxygen atoms in total. The number of nitrogens with zero attached hydrogens (tertiary/aromatic N) is 2. The quantitative estimate of drug-likeness (QED) is 0.658. The third-order valence-electron chi connectivity index (χ3n) is 3.62. The molecule has 0 saturated heterocycles. The van der Waals surface area contributed by atoms with E-state index in [0.29, 0.717) is 21.3 Å². The highest BCUT2D eigenvalue weighted by Crippen LogP contribution is 2.33. The van der Waals surface area contributed by atoms with Crippen molar-refractivity contribution in [2.75, 3.05) is 26.5 Å². The van der Waals surface area contributed by atoms with Crippen LogP contribution >= 0.6 is 34.3 Å². The minimum Gasteiger partial charge on any atom is -0.495 e. The highest BCUT2D eigenvalue weighted by molar-refractivity contribution is 7.23. The van der Waals surface area contributed by atoms with Crippen molar-refractivity contribution < 1.29 is 14.3 Å². The average molecular weight is 422 g/mol. The third-order valence-corrected chi connectivity index (χ3v) is 5.86. The monoisotopic (exact) mass is 421 g/mol. The largest absolute Gasteiger partial charge is 0.495 e. The van der Waals surface area contributed by atoms with Gasteiger partial charge in [0.05, 0.1) is 22.0 Å². The summed E-state index contributed by atoms with van der Waals surface area (Å²) in [5.41, 5.74) is 1.14. The van der Waals surface area contributed by atoms with E-state index in [1.165, 1.54) is 34.7 Å². The normalized spacial score (nSPS) is 10.5. The lowest BCUT2D eigenvalue weighted by Gasteiger charge is -2.14. The number of aromatic nitrogens is 1. The van der Waals surface area contributed by atoms with Crippen LogP contribution in [0.25, 0.3) is 9.88 Å². The summed E-state index contributed by atoms with van der Waals surface area (Å²) in [4.78, 5) is 31.5. The van der Waals surface area contributed by atoms with Crippen LogP contribution in [0.1, 0.15) is 20.8 Å². The number of anilines is 1. The van der Waals surface area contributed by atoms with E-state index in [9.17, 15) is 9.59 Å². The summed E-state index contributed by atoms with van der Waals surface area (Å²) in [6.07, 6.45) is 0. The molecule has 0 saturated carbocycles. The number of rotatable bonds is 5. The van der Waals surface area contributed by atoms with E-state index >= 15 is 0 Å². The fourth-order valence-corrected chi connectivity index (χ4v) is 4.22. The second-order valence-electron chi connectivity index (χ2n) is 5.71. The zero-order chi connectivity index (χ0) is 19.6. The van der Waals surface area contributed by atoms with Gasteiger partial charge >= 0.3 is 0 Å². The number of ether oxygens (including phenoxy) is 1. The summed E-state index contributed by atoms with van der Waals surface area (Å²) in [7, 11) is 4.83. The van der Waals surface area contributed by atoms with Crippen molar-refractivity contribution in [3.63, 3.8) is 0 Å². The Balaban J connectivity index is 1.84. The van der Waals surface area contributed by atoms with Crippen LogP contribution in [0.2, 0.25) is 4.34 Å². The third kappa shape index (κ3) is 4.29. The van der Waals surface area contributed by atoms with Crippen LogP contribution in [0.5, 0.6) is 5.75 Å². The topological polar surface area (TPSA) is 71.5 Å². The molecule has 27 heavy (non-hydrogen) atoms. The van der Waals surface area contributed by atoms with E-state index in [0.717, 1.165) is 9.88 Å². The molecule has 0 bridgehead atoms. The van der Waals surface area contributed by atoms with E-state index in [1.807, 2.05) is 6.07 Å². The molecule has 0 aliphatic heterocycles. The van der Waals surface area contributed by atoms with Gasteiger partial charge in [0, 0.05) is 25.0 Å². The first-order chi connectivity index (χ1) is 12.9. The zero-order valence-corrected chi connectivity index (χ0v) is 17.2. The van der Waals surface area contributed by atoms with Crippen molar-refractivity contribution in [3.05, 3.63) is 51.3 Å². The highest BCUT2D eigenvalue weighted by atomic mass is 35.5. The number of nitrogens with one attached hydrogen (secondary N) is 1. The van der Waals surface area contributed by atoms with Gasteiger partial charge in [0.15, 0.2) is 0 Å². The Labute approximate surface area is 169 Å². The van der Waals surface area contributed by atoms with Crippen LogP contribution in [-0.2, 0) is 0 Å². The van der Waals surface area contributed by atoms with Crippen molar-refractivity contribution in [1.82, 2.24) is 9.88 Å². The Hall–Kier alpha value is -2.42. The fourth-order valence-electron chi connectivity index (χ4n) is 2.30. The van der Waals surface area contributed by atoms with E-state index < -0.39 is 0 Å². The van der Waals surface area contributed by atoms with Crippen molar-refractivity contribution in [1.29, 1.82) is 0 Å². The predicted octanol–water partition coefficient (Wildman–Crippen LogP) is 4.49. The molecule has 0 spiro atoms. The van der Waals surface area contributed by atoms with Gasteiger partial charge in [-0.2, -0.15) is 0 Å². The van der Waals surface area contributed by atoms with Crippen molar-refractivity contribution in [2.45, 2.75) is 0 Å². The lowest BCUT2D eigenvalue weighted by Crippen LogP contribution is -2.22. The molecule has 0 aliphatic carbocycles. The number of benzene rings is 1. The Morgan fingerprint density at radius 2 is 2.00 bits per heavy atom. The molecule has 0 atom stereocenters. The number of thiazole rings is 1. The van der Waals surface area contributed by atoms with Gasteiger partial charge in [0.1, 0.15) is 16.5 Å². The van der Waals surface area contributed by atoms with Gasteiger partial charge in [-0.3, -0.25) is 9.59 Å². The van der Waals surface area contributed by atoms with Crippen LogP contribution < -0.4 is 10.1 Å². The molecule has 0 aliphatic rings. The second kappa shape index (κ2) is 8.08. The smallest absolute Gasteiger partial charge is 0.275 e. The molecule has 1 N–H and O–H groups in total. The Bertz CT molecular complexity index is 997. The Morgan fingerprint density at radius 1 is 1.22 bits per heavy atom. The Kier molecular flexibility index (Phi) is 5.79. The summed E-state index contributed by atoms with van der Waals surface area (Å²) in [6, 6.07) is 8.55. The van der Waals surface area contributed by atoms with Crippen molar-refractivity contribution in [2.24, 2.45) is 0 Å². The molecule has 1 aromatic carbocycles. The van der Waals surface area contributed by atoms with Gasteiger partial charge in [-0.15, -0.1) is 22.7 Å². The van der Waals surface area contributed by atoms with Crippen LogP contribution in [0.3, 0.4) is 0 Å². The number of halogens is 1. The summed E-state index contributed by atoms with van der Waals surface area (Å²) in [5.74, 6) is -0.0919. The number of carbonyl (C=O) groups excluding carboxylic acids is 2. The van der Waals surface area contributed by atoms with Gasteiger partial charge in [-0.05, 0) is 30.3 Å². The van der Waals surface area contributed by atoms with E-state index in [-0.39, 0.29) is 17.5 Å². The molecular weight excluding hydrogens is 406 g/mol. The average Bonchev–Trinajstić information content (AvgIpc) is 3.29. The predicted molar refractivity (Wildman–Crippen MR) is 109 cm³/mol. The molecule has 0 radical (unpaired) electrons. The maximum absolute atomic E-state index is 12.6. The number of carbonyl (C=O) groups is 2. The van der Waals surface area contributed by atoms with Crippen LogP contribution in [0.4, 0.5) is 5.69 Å². The standard InChI is InChI=1S/C18H16ClN3O3S2/c1-22(2)18(24)10-4-5-13(25-3)11(8-10)20-16(23)12-9-26-17(21-12)14-6-7-15(19)27-14/h4-9H,1-3H3,(H,20,23). The lowest BCUT2D eigenvalue weighted by molar-refractivity contribution is 0.0827. The molecule has 2 heterocycles. The molecule has 2 amide bonds. The summed E-state index contributed by atoms with van der Waals surface area (Å²) in [6.45, 7) is 0. The van der Waals surface area contributed by atoms with E-state index in [4.69, 9.17) is 16.3 Å². The first kappa shape index (κ1) is 19.3. The molecule has 140 valence electrons. The zero-order valence-electron chi connectivity index (χ0n) is 14.8. The van der Waals surface area contributed by atoms with E-state index in [1.54, 1.807) is 43.7 Å². The number of hydrogen-bond donors (Lipinski definition) is 1. The molecule has 0 fully saturated rings. The SMILES string of the molecule is COc1ccc(C(=O)N(C)C)cc1NC(=O)c1csc(-c2ccc(Cl)s2)n1. The molecule has 3 rings (SSSR count). The number of hydrogen-bond acceptors (Lipinski definition) is 6. The highest BCUT2D eigenvalue weighted by Gasteiger charge is 2.17. The lowest BCUT2D eigenvalue weighted by atomic mass is 10.1. The molecule has 9 heteroatoms. The number of methoxy groups -OCH3 is 1. The minimum absolute atomic E-state index is 0.168. The minimum atomic E-state index is -0.382.